The average molecular weight is 237 g/mol. The highest BCUT2D eigenvalue weighted by Gasteiger charge is 2.26. The molecule has 2 N–H and O–H groups in total. The van der Waals surface area contributed by atoms with E-state index in [0.717, 1.165) is 5.57 Å². The minimum atomic E-state index is -0.452. The number of esters is 1. The van der Waals surface area contributed by atoms with E-state index in [9.17, 15) is 4.79 Å². The molecule has 0 heterocycles. The molecule has 1 aliphatic rings. The molecule has 0 aliphatic heterocycles. The third-order valence-corrected chi connectivity index (χ3v) is 3.15. The number of carbonyl (C=O) groups excluding carboxylic acids is 1. The first-order valence-corrected chi connectivity index (χ1v) is 6.08. The summed E-state index contributed by atoms with van der Waals surface area (Å²) < 4.78 is 5.39. The molecule has 3 heteroatoms. The lowest BCUT2D eigenvalue weighted by Crippen LogP contribution is -2.28. The van der Waals surface area contributed by atoms with Crippen LogP contribution in [0.25, 0.3) is 0 Å². The Hall–Kier alpha value is -1.09. The molecule has 0 radical (unpaired) electrons. The van der Waals surface area contributed by atoms with E-state index in [4.69, 9.17) is 10.5 Å². The van der Waals surface area contributed by atoms with Crippen molar-refractivity contribution in [2.24, 2.45) is 17.6 Å². The molecule has 0 saturated carbocycles. The maximum Gasteiger partial charge on any atom is 0.338 e. The largest absolute Gasteiger partial charge is 0.456 e. The summed E-state index contributed by atoms with van der Waals surface area (Å²) in [6, 6.07) is 0. The third kappa shape index (κ3) is 3.43. The van der Waals surface area contributed by atoms with Crippen LogP contribution in [0.1, 0.15) is 34.6 Å². The molecular formula is C14H23NO2. The SMILES string of the molecule is CC1=C(C(=O)OC(C)(C)C)C=CC(CN)C1C. The maximum absolute atomic E-state index is 12.0. The molecule has 96 valence electrons. The van der Waals surface area contributed by atoms with E-state index in [0.29, 0.717) is 24.0 Å². The fourth-order valence-corrected chi connectivity index (χ4v) is 1.93. The van der Waals surface area contributed by atoms with Crippen LogP contribution in [-0.2, 0) is 9.53 Å². The molecular weight excluding hydrogens is 214 g/mol. The summed E-state index contributed by atoms with van der Waals surface area (Å²) in [6.45, 7) is 10.3. The van der Waals surface area contributed by atoms with Gasteiger partial charge in [-0.05, 0) is 46.1 Å². The zero-order valence-corrected chi connectivity index (χ0v) is 11.4. The van der Waals surface area contributed by atoms with E-state index < -0.39 is 5.60 Å². The van der Waals surface area contributed by atoms with E-state index in [-0.39, 0.29) is 5.97 Å². The molecule has 0 spiro atoms. The number of nitrogens with two attached hydrogens (primary N) is 1. The van der Waals surface area contributed by atoms with Crippen molar-refractivity contribution in [3.05, 3.63) is 23.3 Å². The fraction of sp³-hybridized carbons (Fsp3) is 0.643. The molecule has 17 heavy (non-hydrogen) atoms. The molecule has 0 aromatic carbocycles. The van der Waals surface area contributed by atoms with Crippen molar-refractivity contribution >= 4 is 5.97 Å². The Kier molecular flexibility index (Phi) is 4.15. The first-order chi connectivity index (χ1) is 7.76. The van der Waals surface area contributed by atoms with E-state index in [2.05, 4.69) is 6.92 Å². The number of ether oxygens (including phenoxy) is 1. The third-order valence-electron chi connectivity index (χ3n) is 3.15. The van der Waals surface area contributed by atoms with Gasteiger partial charge in [0.25, 0.3) is 0 Å². The number of hydrogen-bond donors (Lipinski definition) is 1. The first kappa shape index (κ1) is 14.0. The fourth-order valence-electron chi connectivity index (χ4n) is 1.93. The second-order valence-corrected chi connectivity index (χ2v) is 5.65. The lowest BCUT2D eigenvalue weighted by molar-refractivity contribution is -0.149. The van der Waals surface area contributed by atoms with Crippen LogP contribution in [0.3, 0.4) is 0 Å². The summed E-state index contributed by atoms with van der Waals surface area (Å²) in [4.78, 5) is 12.0. The minimum Gasteiger partial charge on any atom is -0.456 e. The summed E-state index contributed by atoms with van der Waals surface area (Å²) in [5.74, 6) is 0.377. The van der Waals surface area contributed by atoms with Gasteiger partial charge in [-0.15, -0.1) is 0 Å². The molecule has 1 rings (SSSR count). The van der Waals surface area contributed by atoms with Crippen LogP contribution in [0.4, 0.5) is 0 Å². The van der Waals surface area contributed by atoms with Crippen molar-refractivity contribution in [3.63, 3.8) is 0 Å². The van der Waals surface area contributed by atoms with E-state index in [1.807, 2.05) is 39.8 Å². The Morgan fingerprint density at radius 3 is 2.53 bits per heavy atom. The van der Waals surface area contributed by atoms with Crippen molar-refractivity contribution in [3.8, 4) is 0 Å². The zero-order valence-electron chi connectivity index (χ0n) is 11.4. The van der Waals surface area contributed by atoms with Crippen LogP contribution in [0.15, 0.2) is 23.3 Å². The number of allylic oxidation sites excluding steroid dienone is 1. The van der Waals surface area contributed by atoms with E-state index in [1.54, 1.807) is 0 Å². The molecule has 0 aromatic rings. The molecule has 1 aliphatic carbocycles. The highest BCUT2D eigenvalue weighted by atomic mass is 16.6. The van der Waals surface area contributed by atoms with Gasteiger partial charge >= 0.3 is 5.97 Å². The van der Waals surface area contributed by atoms with Crippen molar-refractivity contribution in [2.75, 3.05) is 6.54 Å². The predicted molar refractivity (Wildman–Crippen MR) is 69.4 cm³/mol. The van der Waals surface area contributed by atoms with Crippen LogP contribution in [0.5, 0.6) is 0 Å². The maximum atomic E-state index is 12.0. The quantitative estimate of drug-likeness (QED) is 0.750. The van der Waals surface area contributed by atoms with Crippen LogP contribution >= 0.6 is 0 Å². The van der Waals surface area contributed by atoms with Crippen molar-refractivity contribution in [1.29, 1.82) is 0 Å². The Bertz CT molecular complexity index is 361. The van der Waals surface area contributed by atoms with Gasteiger partial charge in [0, 0.05) is 0 Å². The van der Waals surface area contributed by atoms with Gasteiger partial charge in [-0.3, -0.25) is 0 Å². The highest BCUT2D eigenvalue weighted by Crippen LogP contribution is 2.30. The van der Waals surface area contributed by atoms with Crippen LogP contribution < -0.4 is 5.73 Å². The van der Waals surface area contributed by atoms with Gasteiger partial charge in [0.2, 0.25) is 0 Å². The number of rotatable bonds is 2. The van der Waals surface area contributed by atoms with Gasteiger partial charge in [-0.25, -0.2) is 4.79 Å². The monoisotopic (exact) mass is 237 g/mol. The van der Waals surface area contributed by atoms with Crippen molar-refractivity contribution < 1.29 is 9.53 Å². The van der Waals surface area contributed by atoms with Crippen molar-refractivity contribution in [1.82, 2.24) is 0 Å². The Morgan fingerprint density at radius 1 is 1.47 bits per heavy atom. The summed E-state index contributed by atoms with van der Waals surface area (Å²) in [7, 11) is 0. The van der Waals surface area contributed by atoms with Crippen LogP contribution in [0.2, 0.25) is 0 Å². The molecule has 2 atom stereocenters. The predicted octanol–water partition coefficient (Wildman–Crippen LogP) is 2.43. The molecule has 3 nitrogen and oxygen atoms in total. The summed E-state index contributed by atoms with van der Waals surface area (Å²) in [6.07, 6.45) is 3.86. The first-order valence-electron chi connectivity index (χ1n) is 6.08. The van der Waals surface area contributed by atoms with Crippen molar-refractivity contribution in [2.45, 2.75) is 40.2 Å². The highest BCUT2D eigenvalue weighted by molar-refractivity contribution is 5.93. The molecule has 0 amide bonds. The topological polar surface area (TPSA) is 52.3 Å². The normalized spacial score (nSPS) is 25.1. The molecule has 2 unspecified atom stereocenters. The summed E-state index contributed by atoms with van der Waals surface area (Å²) in [5, 5.41) is 0. The average Bonchev–Trinajstić information content (AvgIpc) is 2.19. The summed E-state index contributed by atoms with van der Waals surface area (Å²) in [5.41, 5.74) is 6.98. The second kappa shape index (κ2) is 5.05. The van der Waals surface area contributed by atoms with Gasteiger partial charge < -0.3 is 10.5 Å². The minimum absolute atomic E-state index is 0.242. The standard InChI is InChI=1S/C14H23NO2/c1-9-10(2)12(7-6-11(9)8-15)13(16)17-14(3,4)5/h6-7,9,11H,8,15H2,1-5H3. The molecule has 0 saturated heterocycles. The van der Waals surface area contributed by atoms with Gasteiger partial charge in [0.1, 0.15) is 5.60 Å². The van der Waals surface area contributed by atoms with Gasteiger partial charge in [0.15, 0.2) is 0 Å². The Morgan fingerprint density at radius 2 is 2.06 bits per heavy atom. The van der Waals surface area contributed by atoms with Gasteiger partial charge in [-0.1, -0.05) is 24.6 Å². The lowest BCUT2D eigenvalue weighted by Gasteiger charge is -2.27. The number of carbonyl (C=O) groups is 1. The second-order valence-electron chi connectivity index (χ2n) is 5.65. The smallest absolute Gasteiger partial charge is 0.338 e. The summed E-state index contributed by atoms with van der Waals surface area (Å²) >= 11 is 0. The number of hydrogen-bond acceptors (Lipinski definition) is 3. The molecule has 0 aromatic heterocycles. The molecule has 0 bridgehead atoms. The lowest BCUT2D eigenvalue weighted by atomic mass is 9.81. The zero-order chi connectivity index (χ0) is 13.2. The Labute approximate surface area is 104 Å². The van der Waals surface area contributed by atoms with E-state index in [1.165, 1.54) is 0 Å². The van der Waals surface area contributed by atoms with Crippen LogP contribution in [0, 0.1) is 11.8 Å². The van der Waals surface area contributed by atoms with Gasteiger partial charge in [-0.2, -0.15) is 0 Å². The van der Waals surface area contributed by atoms with Crippen LogP contribution in [-0.4, -0.2) is 18.1 Å². The Balaban J connectivity index is 2.89. The van der Waals surface area contributed by atoms with E-state index >= 15 is 0 Å². The van der Waals surface area contributed by atoms with Gasteiger partial charge in [0.05, 0.1) is 5.57 Å². The molecule has 0 fully saturated rings.